The van der Waals surface area contributed by atoms with E-state index in [9.17, 15) is 18.4 Å². The molecule has 2 N–H and O–H groups in total. The summed E-state index contributed by atoms with van der Waals surface area (Å²) >= 11 is 1.38. The maximum atomic E-state index is 14.2. The van der Waals surface area contributed by atoms with Gasteiger partial charge in [-0.1, -0.05) is 13.3 Å². The molecule has 2 unspecified atom stereocenters. The number of likely N-dealkylation sites (tertiary alicyclic amines) is 1. The maximum absolute atomic E-state index is 14.2. The fraction of sp³-hybridized carbons (Fsp3) is 0.600. The second-order valence-electron chi connectivity index (χ2n) is 7.86. The van der Waals surface area contributed by atoms with Gasteiger partial charge >= 0.3 is 11.9 Å². The minimum absolute atomic E-state index is 0.0783. The average Bonchev–Trinajstić information content (AvgIpc) is 3.35. The van der Waals surface area contributed by atoms with Gasteiger partial charge in [0.15, 0.2) is 10.8 Å². The third-order valence-electron chi connectivity index (χ3n) is 5.54. The Labute approximate surface area is 183 Å². The molecule has 2 aliphatic rings. The smallest absolute Gasteiger partial charge is 0.337 e. The number of carbonyl (C=O) groups excluding carboxylic acids is 1. The Bertz CT molecular complexity index is 873. The standard InChI is InChI=1S/C20H26F2N4O4S/c1-12(18(27)28)4-3-5-13-8-20(21,22)11-26(13)10-15-14(19(29)30-2)9-24-16(25-15)17-23-6-7-31-17/h6-7,12-13H,3-5,8-11H2,1-2H3,(H,24,25)(H,27,28). The van der Waals surface area contributed by atoms with Gasteiger partial charge in [0.2, 0.25) is 0 Å². The number of aliphatic imine (C=N–C) groups is 1. The van der Waals surface area contributed by atoms with E-state index in [0.29, 0.717) is 41.4 Å². The van der Waals surface area contributed by atoms with Crippen LogP contribution in [0, 0.1) is 5.92 Å². The number of esters is 1. The molecule has 0 amide bonds. The number of carbonyl (C=O) groups is 2. The fourth-order valence-corrected chi connectivity index (χ4v) is 4.44. The normalized spacial score (nSPS) is 22.1. The van der Waals surface area contributed by atoms with Crippen LogP contribution in [0.4, 0.5) is 8.78 Å². The van der Waals surface area contributed by atoms with Gasteiger partial charge < -0.3 is 15.2 Å². The van der Waals surface area contributed by atoms with Crippen LogP contribution < -0.4 is 5.32 Å². The third-order valence-corrected chi connectivity index (χ3v) is 6.32. The first kappa shape index (κ1) is 23.3. The molecule has 1 saturated heterocycles. The number of carboxylic acids is 1. The Morgan fingerprint density at radius 1 is 1.48 bits per heavy atom. The van der Waals surface area contributed by atoms with Crippen molar-refractivity contribution >= 4 is 29.1 Å². The number of amidine groups is 1. The molecular formula is C20H26F2N4O4S. The van der Waals surface area contributed by atoms with E-state index in [2.05, 4.69) is 15.3 Å². The van der Waals surface area contributed by atoms with Crippen molar-refractivity contribution in [3.8, 4) is 0 Å². The molecular weight excluding hydrogens is 430 g/mol. The number of methoxy groups -OCH3 is 1. The second kappa shape index (κ2) is 9.82. The molecule has 11 heteroatoms. The predicted molar refractivity (Wildman–Crippen MR) is 111 cm³/mol. The zero-order valence-electron chi connectivity index (χ0n) is 17.4. The first-order valence-corrected chi connectivity index (χ1v) is 10.9. The highest BCUT2D eigenvalue weighted by atomic mass is 32.1. The van der Waals surface area contributed by atoms with E-state index in [0.717, 1.165) is 0 Å². The number of aromatic nitrogens is 1. The molecule has 0 bridgehead atoms. The minimum atomic E-state index is -2.84. The number of nitrogens with zero attached hydrogens (tertiary/aromatic N) is 3. The molecule has 3 rings (SSSR count). The Morgan fingerprint density at radius 2 is 2.26 bits per heavy atom. The lowest BCUT2D eigenvalue weighted by Gasteiger charge is -2.28. The summed E-state index contributed by atoms with van der Waals surface area (Å²) in [5.74, 6) is -4.30. The molecule has 0 aromatic carbocycles. The highest BCUT2D eigenvalue weighted by molar-refractivity contribution is 7.11. The van der Waals surface area contributed by atoms with E-state index in [-0.39, 0.29) is 19.5 Å². The van der Waals surface area contributed by atoms with Crippen molar-refractivity contribution in [2.24, 2.45) is 10.9 Å². The zero-order chi connectivity index (χ0) is 22.6. The van der Waals surface area contributed by atoms with Gasteiger partial charge in [0.1, 0.15) is 0 Å². The summed E-state index contributed by atoms with van der Waals surface area (Å²) in [5.41, 5.74) is 0.782. The molecule has 0 spiro atoms. The molecule has 170 valence electrons. The van der Waals surface area contributed by atoms with Crippen LogP contribution in [0.2, 0.25) is 0 Å². The molecule has 0 saturated carbocycles. The molecule has 8 nitrogen and oxygen atoms in total. The topological polar surface area (TPSA) is 104 Å². The summed E-state index contributed by atoms with van der Waals surface area (Å²) < 4.78 is 33.3. The molecule has 2 aliphatic heterocycles. The van der Waals surface area contributed by atoms with Gasteiger partial charge in [-0.05, 0) is 12.8 Å². The Hall–Kier alpha value is -2.40. The van der Waals surface area contributed by atoms with Gasteiger partial charge in [-0.2, -0.15) is 0 Å². The maximum Gasteiger partial charge on any atom is 0.337 e. The molecule has 0 radical (unpaired) electrons. The number of thiazole rings is 1. The van der Waals surface area contributed by atoms with Crippen molar-refractivity contribution in [1.82, 2.24) is 15.2 Å². The lowest BCUT2D eigenvalue weighted by atomic mass is 10.00. The van der Waals surface area contributed by atoms with Crippen molar-refractivity contribution in [3.63, 3.8) is 0 Å². The number of aliphatic carboxylic acids is 1. The highest BCUT2D eigenvalue weighted by Gasteiger charge is 2.45. The monoisotopic (exact) mass is 456 g/mol. The SMILES string of the molecule is COC(=O)C1=C(CN2CC(F)(F)CC2CCCC(C)C(=O)O)NC(c2nccs2)=NC1. The largest absolute Gasteiger partial charge is 0.481 e. The Morgan fingerprint density at radius 3 is 2.90 bits per heavy atom. The van der Waals surface area contributed by atoms with Gasteiger partial charge in [0, 0.05) is 36.3 Å². The summed E-state index contributed by atoms with van der Waals surface area (Å²) in [7, 11) is 1.27. The highest BCUT2D eigenvalue weighted by Crippen LogP contribution is 2.35. The molecule has 1 aromatic rings. The minimum Gasteiger partial charge on any atom is -0.481 e. The van der Waals surface area contributed by atoms with Gasteiger partial charge in [0.05, 0.1) is 31.7 Å². The van der Waals surface area contributed by atoms with E-state index < -0.39 is 36.4 Å². The van der Waals surface area contributed by atoms with E-state index >= 15 is 0 Å². The van der Waals surface area contributed by atoms with Crippen molar-refractivity contribution in [2.45, 2.75) is 44.6 Å². The average molecular weight is 457 g/mol. The van der Waals surface area contributed by atoms with Crippen LogP contribution in [-0.4, -0.2) is 71.5 Å². The van der Waals surface area contributed by atoms with E-state index in [1.807, 2.05) is 0 Å². The predicted octanol–water partition coefficient (Wildman–Crippen LogP) is 2.52. The molecule has 1 aromatic heterocycles. The number of nitrogens with one attached hydrogen (secondary N) is 1. The van der Waals surface area contributed by atoms with Crippen LogP contribution in [-0.2, 0) is 14.3 Å². The quantitative estimate of drug-likeness (QED) is 0.550. The molecule has 1 fully saturated rings. The lowest BCUT2D eigenvalue weighted by molar-refractivity contribution is -0.141. The molecule has 0 aliphatic carbocycles. The number of halogens is 2. The lowest BCUT2D eigenvalue weighted by Crippen LogP contribution is -2.41. The van der Waals surface area contributed by atoms with Crippen molar-refractivity contribution in [2.75, 3.05) is 26.7 Å². The third kappa shape index (κ3) is 5.85. The summed E-state index contributed by atoms with van der Waals surface area (Å²) in [6.07, 6.45) is 2.77. The number of hydrogen-bond donors (Lipinski definition) is 2. The van der Waals surface area contributed by atoms with Crippen molar-refractivity contribution in [3.05, 3.63) is 27.9 Å². The summed E-state index contributed by atoms with van der Waals surface area (Å²) in [6.45, 7) is 1.39. The molecule has 3 heterocycles. The van der Waals surface area contributed by atoms with Gasteiger partial charge in [0.25, 0.3) is 5.92 Å². The number of carboxylic acid groups (broad SMARTS) is 1. The van der Waals surface area contributed by atoms with Crippen molar-refractivity contribution in [1.29, 1.82) is 0 Å². The first-order valence-electron chi connectivity index (χ1n) is 10.1. The van der Waals surface area contributed by atoms with Crippen molar-refractivity contribution < 1.29 is 28.2 Å². The summed E-state index contributed by atoms with van der Waals surface area (Å²) in [5, 5.41) is 14.6. The van der Waals surface area contributed by atoms with E-state index in [1.165, 1.54) is 18.4 Å². The first-order chi connectivity index (χ1) is 14.7. The van der Waals surface area contributed by atoms with Crippen LogP contribution in [0.15, 0.2) is 27.8 Å². The van der Waals surface area contributed by atoms with Crippen LogP contribution in [0.25, 0.3) is 0 Å². The summed E-state index contributed by atoms with van der Waals surface area (Å²) in [4.78, 5) is 33.5. The van der Waals surface area contributed by atoms with Gasteiger partial charge in [-0.25, -0.2) is 18.6 Å². The van der Waals surface area contributed by atoms with Gasteiger partial charge in [-0.3, -0.25) is 14.7 Å². The molecule has 2 atom stereocenters. The number of hydrogen-bond acceptors (Lipinski definition) is 8. The molecule has 31 heavy (non-hydrogen) atoms. The van der Waals surface area contributed by atoms with E-state index in [4.69, 9.17) is 9.84 Å². The summed E-state index contributed by atoms with van der Waals surface area (Å²) in [6, 6.07) is -0.411. The van der Waals surface area contributed by atoms with Crippen LogP contribution >= 0.6 is 11.3 Å². The van der Waals surface area contributed by atoms with Crippen LogP contribution in [0.1, 0.15) is 37.6 Å². The van der Waals surface area contributed by atoms with Gasteiger partial charge in [-0.15, -0.1) is 11.3 Å². The Kier molecular flexibility index (Phi) is 7.37. The number of ether oxygens (including phenoxy) is 1. The van der Waals surface area contributed by atoms with Crippen LogP contribution in [0.5, 0.6) is 0 Å². The second-order valence-corrected chi connectivity index (χ2v) is 8.76. The Balaban J connectivity index is 1.74. The van der Waals surface area contributed by atoms with E-state index in [1.54, 1.807) is 23.4 Å². The number of rotatable bonds is 9. The zero-order valence-corrected chi connectivity index (χ0v) is 18.3. The number of alkyl halides is 2. The van der Waals surface area contributed by atoms with Crippen LogP contribution in [0.3, 0.4) is 0 Å². The fourth-order valence-electron chi connectivity index (χ4n) is 3.84.